The Bertz CT molecular complexity index is 247. The van der Waals surface area contributed by atoms with E-state index in [9.17, 15) is 19.4 Å². The molecule has 0 saturated heterocycles. The predicted octanol–water partition coefficient (Wildman–Crippen LogP) is -1.54. The van der Waals surface area contributed by atoms with E-state index < -0.39 is 26.3 Å². The zero-order valence-corrected chi connectivity index (χ0v) is 9.82. The lowest BCUT2D eigenvalue weighted by Gasteiger charge is -2.32. The van der Waals surface area contributed by atoms with Gasteiger partial charge in [-0.15, -0.1) is 0 Å². The summed E-state index contributed by atoms with van der Waals surface area (Å²) in [5, 5.41) is 20.2. The quantitative estimate of drug-likeness (QED) is 0.294. The monoisotopic (exact) mass is 239 g/mol. The maximum Gasteiger partial charge on any atom is 0.411 e. The average Bonchev–Trinajstić information content (AvgIpc) is 1.73. The molecule has 2 atom stereocenters. The molecule has 15 heavy (non-hydrogen) atoms. The molecule has 0 bridgehead atoms. The Morgan fingerprint density at radius 1 is 1.53 bits per heavy atom. The van der Waals surface area contributed by atoms with E-state index in [0.29, 0.717) is 0 Å². The molecular weight excluding hydrogens is 223 g/mol. The van der Waals surface area contributed by atoms with Gasteiger partial charge >= 0.3 is 14.1 Å². The Morgan fingerprint density at radius 2 is 2.00 bits per heavy atom. The van der Waals surface area contributed by atoms with Gasteiger partial charge in [-0.1, -0.05) is 9.65 Å². The number of nitrogens with zero attached hydrogens (tertiary/aromatic N) is 1. The smallest absolute Gasteiger partial charge is 0.411 e. The van der Waals surface area contributed by atoms with Crippen molar-refractivity contribution in [3.63, 3.8) is 0 Å². The second kappa shape index (κ2) is 4.96. The summed E-state index contributed by atoms with van der Waals surface area (Å²) in [6.45, 7) is -0.0391. The van der Waals surface area contributed by atoms with E-state index in [0.717, 1.165) is 0 Å². The highest BCUT2D eigenvalue weighted by molar-refractivity contribution is 7.34. The van der Waals surface area contributed by atoms with Crippen LogP contribution in [0.25, 0.3) is 0 Å². The topological polar surface area (TPSA) is 110 Å². The summed E-state index contributed by atoms with van der Waals surface area (Å²) in [5.74, 6) is -1.27. The maximum absolute atomic E-state index is 10.5. The number of hydrogen-bond acceptors (Lipinski definition) is 4. The Hall–Kier alpha value is -0.590. The standard InChI is InChI=1S/C7H15N2O5P/c1-9(2,3)5-7(12,4-6(10)11)8-15(13)14/h12H,4-5H2,1-3H3,(H-,8,10,11,13,14)/p+1. The van der Waals surface area contributed by atoms with Crippen molar-refractivity contribution in [3.8, 4) is 0 Å². The molecule has 0 aromatic carbocycles. The molecule has 0 aliphatic carbocycles. The van der Waals surface area contributed by atoms with Crippen molar-refractivity contribution in [2.45, 2.75) is 12.1 Å². The SMILES string of the molecule is C[N+](C)(C)CC(O)(CC(=O)O)N[P+](=O)[O-]. The van der Waals surface area contributed by atoms with Crippen LogP contribution in [0, 0.1) is 0 Å². The first kappa shape index (κ1) is 14.4. The summed E-state index contributed by atoms with van der Waals surface area (Å²) in [6, 6.07) is 0. The second-order valence-corrected chi connectivity index (χ2v) is 5.16. The number of carboxylic acids is 1. The van der Waals surface area contributed by atoms with Crippen LogP contribution in [-0.2, 0) is 9.36 Å². The predicted molar refractivity (Wildman–Crippen MR) is 50.8 cm³/mol. The highest BCUT2D eigenvalue weighted by Gasteiger charge is 2.40. The normalized spacial score (nSPS) is 17.0. The number of carbonyl (C=O) groups is 1. The lowest BCUT2D eigenvalue weighted by atomic mass is 10.1. The minimum atomic E-state index is -3.05. The van der Waals surface area contributed by atoms with Gasteiger partial charge < -0.3 is 19.6 Å². The number of aliphatic carboxylic acids is 1. The number of carboxylic acid groups (broad SMARTS) is 1. The molecule has 2 unspecified atom stereocenters. The van der Waals surface area contributed by atoms with Gasteiger partial charge in [0, 0.05) is 0 Å². The number of nitrogens with one attached hydrogen (secondary N) is 1. The first-order chi connectivity index (χ1) is 6.54. The minimum Gasteiger partial charge on any atom is -0.578 e. The van der Waals surface area contributed by atoms with Crippen molar-refractivity contribution in [1.82, 2.24) is 5.09 Å². The fraction of sp³-hybridized carbons (Fsp3) is 0.857. The highest BCUT2D eigenvalue weighted by atomic mass is 31.1. The van der Waals surface area contributed by atoms with E-state index >= 15 is 0 Å². The van der Waals surface area contributed by atoms with Crippen molar-refractivity contribution in [2.75, 3.05) is 27.7 Å². The molecule has 0 spiro atoms. The van der Waals surface area contributed by atoms with Crippen molar-refractivity contribution >= 4 is 14.1 Å². The molecule has 0 aliphatic heterocycles. The summed E-state index contributed by atoms with van der Waals surface area (Å²) in [6.07, 6.45) is -0.675. The molecule has 0 fully saturated rings. The molecule has 0 amide bonds. The zero-order chi connectivity index (χ0) is 12.3. The summed E-state index contributed by atoms with van der Waals surface area (Å²) in [7, 11) is 2.10. The second-order valence-electron chi connectivity index (χ2n) is 4.42. The third kappa shape index (κ3) is 7.35. The van der Waals surface area contributed by atoms with Crippen LogP contribution in [0.4, 0.5) is 0 Å². The summed E-state index contributed by atoms with van der Waals surface area (Å²) in [4.78, 5) is 20.9. The van der Waals surface area contributed by atoms with Crippen molar-refractivity contribution in [1.29, 1.82) is 0 Å². The van der Waals surface area contributed by atoms with Crippen molar-refractivity contribution < 1.29 is 28.9 Å². The number of rotatable bonds is 6. The Kier molecular flexibility index (Phi) is 4.76. The maximum atomic E-state index is 10.5. The fourth-order valence-electron chi connectivity index (χ4n) is 1.34. The van der Waals surface area contributed by atoms with Gasteiger partial charge in [0.25, 0.3) is 0 Å². The van der Waals surface area contributed by atoms with Crippen molar-refractivity contribution in [2.24, 2.45) is 0 Å². The Balaban J connectivity index is 4.69. The molecule has 7 nitrogen and oxygen atoms in total. The van der Waals surface area contributed by atoms with Crippen LogP contribution in [0.5, 0.6) is 0 Å². The van der Waals surface area contributed by atoms with Crippen LogP contribution in [0.2, 0.25) is 0 Å². The van der Waals surface area contributed by atoms with Gasteiger partial charge in [-0.2, -0.15) is 0 Å². The average molecular weight is 239 g/mol. The van der Waals surface area contributed by atoms with E-state index in [1.54, 1.807) is 21.1 Å². The van der Waals surface area contributed by atoms with Gasteiger partial charge in [-0.25, -0.2) is 0 Å². The summed E-state index contributed by atoms with van der Waals surface area (Å²) >= 11 is 0. The highest BCUT2D eigenvalue weighted by Crippen LogP contribution is 2.17. The van der Waals surface area contributed by atoms with Crippen LogP contribution < -0.4 is 9.98 Å². The van der Waals surface area contributed by atoms with Crippen LogP contribution in [-0.4, -0.2) is 54.1 Å². The van der Waals surface area contributed by atoms with Gasteiger partial charge in [-0.3, -0.25) is 4.79 Å². The van der Waals surface area contributed by atoms with E-state index in [1.807, 2.05) is 5.09 Å². The Morgan fingerprint density at radius 3 is 2.27 bits per heavy atom. The van der Waals surface area contributed by atoms with E-state index in [4.69, 9.17) is 5.11 Å². The molecular formula is C7H16N2O5P+. The minimum absolute atomic E-state index is 0.0391. The molecule has 8 heteroatoms. The third-order valence-electron chi connectivity index (χ3n) is 1.48. The molecule has 0 aromatic rings. The number of hydrogen-bond donors (Lipinski definition) is 3. The zero-order valence-electron chi connectivity index (χ0n) is 8.93. The molecule has 0 rings (SSSR count). The first-order valence-corrected chi connectivity index (χ1v) is 5.39. The molecule has 0 aromatic heterocycles. The Labute approximate surface area is 88.8 Å². The largest absolute Gasteiger partial charge is 0.578 e. The van der Waals surface area contributed by atoms with Crippen LogP contribution in [0.1, 0.15) is 6.42 Å². The molecule has 0 saturated carbocycles. The van der Waals surface area contributed by atoms with E-state index in [-0.39, 0.29) is 11.0 Å². The molecule has 0 radical (unpaired) electrons. The van der Waals surface area contributed by atoms with Gasteiger partial charge in [-0.05, 0) is 0 Å². The van der Waals surface area contributed by atoms with E-state index in [2.05, 4.69) is 0 Å². The summed E-state index contributed by atoms with van der Waals surface area (Å²) in [5.41, 5.74) is -1.95. The van der Waals surface area contributed by atoms with E-state index in [1.165, 1.54) is 0 Å². The third-order valence-corrected chi connectivity index (χ3v) is 2.08. The van der Waals surface area contributed by atoms with Crippen LogP contribution in [0.3, 0.4) is 0 Å². The fourth-order valence-corrected chi connectivity index (χ4v) is 1.83. The van der Waals surface area contributed by atoms with Crippen LogP contribution >= 0.6 is 8.18 Å². The van der Waals surface area contributed by atoms with Crippen LogP contribution in [0.15, 0.2) is 0 Å². The summed E-state index contributed by atoms with van der Waals surface area (Å²) < 4.78 is 10.7. The lowest BCUT2D eigenvalue weighted by molar-refractivity contribution is -0.877. The van der Waals surface area contributed by atoms with Gasteiger partial charge in [0.1, 0.15) is 6.54 Å². The number of quaternary nitrogens is 1. The molecule has 0 aliphatic rings. The first-order valence-electron chi connectivity index (χ1n) is 4.21. The van der Waals surface area contributed by atoms with Crippen molar-refractivity contribution in [3.05, 3.63) is 0 Å². The lowest BCUT2D eigenvalue weighted by Crippen LogP contribution is -2.56. The number of aliphatic hydroxyl groups is 1. The molecule has 88 valence electrons. The molecule has 0 heterocycles. The molecule has 3 N–H and O–H groups in total. The van der Waals surface area contributed by atoms with Gasteiger partial charge in [0.2, 0.25) is 5.72 Å². The van der Waals surface area contributed by atoms with Gasteiger partial charge in [0.05, 0.1) is 27.6 Å². The van der Waals surface area contributed by atoms with Gasteiger partial charge in [0.15, 0.2) is 0 Å². The number of likely N-dealkylation sites (N-methyl/N-ethyl adjacent to an activating group) is 1.